The highest BCUT2D eigenvalue weighted by molar-refractivity contribution is 7.99. The third-order valence-electron chi connectivity index (χ3n) is 4.29. The maximum Gasteiger partial charge on any atom is 0.237 e. The first-order chi connectivity index (χ1) is 11.6. The van der Waals surface area contributed by atoms with Crippen LogP contribution < -0.4 is 15.8 Å². The smallest absolute Gasteiger partial charge is 0.237 e. The van der Waals surface area contributed by atoms with Gasteiger partial charge in [0.1, 0.15) is 5.75 Å². The minimum atomic E-state index is -0.428. The van der Waals surface area contributed by atoms with Crippen LogP contribution in [0.25, 0.3) is 0 Å². The molecule has 1 aromatic rings. The summed E-state index contributed by atoms with van der Waals surface area (Å²) in [4.78, 5) is 13.3. The molecule has 2 rings (SSSR count). The minimum Gasteiger partial charge on any atom is -0.496 e. The van der Waals surface area contributed by atoms with Crippen LogP contribution in [0.2, 0.25) is 0 Å². The van der Waals surface area contributed by atoms with E-state index in [1.54, 1.807) is 18.9 Å². The number of carbonyl (C=O) groups excluding carboxylic acids is 1. The SMILES string of the molecule is COc1ccccc1SCC(C)CNC(=O)C(N)C1CCOCC1. The number of hydrogen-bond donors (Lipinski definition) is 2. The standard InChI is InChI=1S/C18H28N2O3S/c1-13(12-24-16-6-4-3-5-15(16)22-2)11-20-18(21)17(19)14-7-9-23-10-8-14/h3-6,13-14,17H,7-12,19H2,1-2H3,(H,20,21). The summed E-state index contributed by atoms with van der Waals surface area (Å²) in [5, 5.41) is 3.00. The molecule has 0 bridgehead atoms. The molecule has 1 aliphatic rings. The maximum absolute atomic E-state index is 12.2. The van der Waals surface area contributed by atoms with Crippen molar-refractivity contribution >= 4 is 17.7 Å². The lowest BCUT2D eigenvalue weighted by Gasteiger charge is -2.27. The highest BCUT2D eigenvalue weighted by Crippen LogP contribution is 2.29. The van der Waals surface area contributed by atoms with Gasteiger partial charge in [-0.3, -0.25) is 4.79 Å². The highest BCUT2D eigenvalue weighted by Gasteiger charge is 2.26. The Balaban J connectivity index is 1.72. The van der Waals surface area contributed by atoms with Gasteiger partial charge in [-0.25, -0.2) is 0 Å². The Bertz CT molecular complexity index is 521. The van der Waals surface area contributed by atoms with E-state index in [1.165, 1.54) is 0 Å². The molecule has 1 aliphatic heterocycles. The highest BCUT2D eigenvalue weighted by atomic mass is 32.2. The van der Waals surface area contributed by atoms with Crippen molar-refractivity contribution in [3.8, 4) is 5.75 Å². The molecule has 1 saturated heterocycles. The van der Waals surface area contributed by atoms with Gasteiger partial charge in [0.25, 0.3) is 0 Å². The van der Waals surface area contributed by atoms with E-state index in [-0.39, 0.29) is 11.8 Å². The van der Waals surface area contributed by atoms with Crippen LogP contribution in [-0.4, -0.2) is 44.6 Å². The number of benzene rings is 1. The van der Waals surface area contributed by atoms with Gasteiger partial charge in [-0.1, -0.05) is 19.1 Å². The number of carbonyl (C=O) groups is 1. The normalized spacial score (nSPS) is 18.0. The molecule has 1 fully saturated rings. The van der Waals surface area contributed by atoms with Crippen LogP contribution in [0.3, 0.4) is 0 Å². The number of amides is 1. The zero-order valence-electron chi connectivity index (χ0n) is 14.5. The molecule has 0 spiro atoms. The van der Waals surface area contributed by atoms with E-state index in [9.17, 15) is 4.79 Å². The van der Waals surface area contributed by atoms with Crippen LogP contribution in [-0.2, 0) is 9.53 Å². The van der Waals surface area contributed by atoms with Crippen molar-refractivity contribution in [3.63, 3.8) is 0 Å². The molecule has 0 radical (unpaired) electrons. The predicted octanol–water partition coefficient (Wildman–Crippen LogP) is 2.29. The average molecular weight is 353 g/mol. The van der Waals surface area contributed by atoms with Crippen molar-refractivity contribution in [3.05, 3.63) is 24.3 Å². The Labute approximate surface area is 148 Å². The van der Waals surface area contributed by atoms with E-state index in [0.717, 1.165) is 29.2 Å². The lowest BCUT2D eigenvalue weighted by molar-refractivity contribution is -0.124. The lowest BCUT2D eigenvalue weighted by Crippen LogP contribution is -2.48. The van der Waals surface area contributed by atoms with Crippen LogP contribution in [0.5, 0.6) is 5.75 Å². The number of thioether (sulfide) groups is 1. The first-order valence-electron chi connectivity index (χ1n) is 8.48. The van der Waals surface area contributed by atoms with Crippen LogP contribution >= 0.6 is 11.8 Å². The molecule has 2 atom stereocenters. The maximum atomic E-state index is 12.2. The molecule has 24 heavy (non-hydrogen) atoms. The monoisotopic (exact) mass is 352 g/mol. The third kappa shape index (κ3) is 5.69. The van der Waals surface area contributed by atoms with E-state index >= 15 is 0 Å². The fraction of sp³-hybridized carbons (Fsp3) is 0.611. The van der Waals surface area contributed by atoms with Crippen LogP contribution in [0.4, 0.5) is 0 Å². The number of nitrogens with two attached hydrogens (primary N) is 1. The molecule has 0 saturated carbocycles. The molecule has 0 aliphatic carbocycles. The molecule has 1 aromatic carbocycles. The quantitative estimate of drug-likeness (QED) is 0.702. The zero-order chi connectivity index (χ0) is 17.4. The molecule has 1 heterocycles. The van der Waals surface area contributed by atoms with Gasteiger partial charge in [-0.2, -0.15) is 0 Å². The first-order valence-corrected chi connectivity index (χ1v) is 9.47. The second kappa shape index (κ2) is 9.91. The summed E-state index contributed by atoms with van der Waals surface area (Å²) in [5.41, 5.74) is 6.09. The molecular weight excluding hydrogens is 324 g/mol. The van der Waals surface area contributed by atoms with Crippen molar-refractivity contribution in [2.24, 2.45) is 17.6 Å². The van der Waals surface area contributed by atoms with Crippen LogP contribution in [0.15, 0.2) is 29.2 Å². The van der Waals surface area contributed by atoms with E-state index in [2.05, 4.69) is 18.3 Å². The van der Waals surface area contributed by atoms with Crippen LogP contribution in [0.1, 0.15) is 19.8 Å². The molecule has 2 unspecified atom stereocenters. The number of ether oxygens (including phenoxy) is 2. The summed E-state index contributed by atoms with van der Waals surface area (Å²) in [7, 11) is 1.68. The fourth-order valence-electron chi connectivity index (χ4n) is 2.71. The summed E-state index contributed by atoms with van der Waals surface area (Å²) < 4.78 is 10.7. The predicted molar refractivity (Wildman–Crippen MR) is 97.4 cm³/mol. The van der Waals surface area contributed by atoms with Gasteiger partial charge in [-0.15, -0.1) is 11.8 Å². The third-order valence-corrected chi connectivity index (χ3v) is 5.68. The number of nitrogens with one attached hydrogen (secondary N) is 1. The Morgan fingerprint density at radius 2 is 2.12 bits per heavy atom. The zero-order valence-corrected chi connectivity index (χ0v) is 15.3. The molecule has 3 N–H and O–H groups in total. The van der Waals surface area contributed by atoms with Crippen molar-refractivity contribution < 1.29 is 14.3 Å². The number of para-hydroxylation sites is 1. The van der Waals surface area contributed by atoms with Gasteiger partial charge in [0.2, 0.25) is 5.91 Å². The van der Waals surface area contributed by atoms with Gasteiger partial charge >= 0.3 is 0 Å². The second-order valence-corrected chi connectivity index (χ2v) is 7.35. The number of rotatable bonds is 8. The number of hydrogen-bond acceptors (Lipinski definition) is 5. The Morgan fingerprint density at radius 3 is 2.83 bits per heavy atom. The van der Waals surface area contributed by atoms with Crippen molar-refractivity contribution in [2.75, 3.05) is 32.6 Å². The minimum absolute atomic E-state index is 0.0453. The van der Waals surface area contributed by atoms with E-state index in [0.29, 0.717) is 25.7 Å². The lowest BCUT2D eigenvalue weighted by atomic mass is 9.92. The van der Waals surface area contributed by atoms with Gasteiger partial charge in [0, 0.05) is 30.4 Å². The van der Waals surface area contributed by atoms with E-state index in [1.807, 2.05) is 18.2 Å². The van der Waals surface area contributed by atoms with Gasteiger partial charge in [-0.05, 0) is 36.8 Å². The Morgan fingerprint density at radius 1 is 1.42 bits per heavy atom. The molecule has 1 amide bonds. The fourth-order valence-corrected chi connectivity index (χ4v) is 3.76. The molecule has 134 valence electrons. The van der Waals surface area contributed by atoms with E-state index < -0.39 is 6.04 Å². The molecular formula is C18H28N2O3S. The summed E-state index contributed by atoms with van der Waals surface area (Å²) in [6, 6.07) is 7.55. The summed E-state index contributed by atoms with van der Waals surface area (Å²) in [5.74, 6) is 2.34. The van der Waals surface area contributed by atoms with Crippen molar-refractivity contribution in [1.82, 2.24) is 5.32 Å². The largest absolute Gasteiger partial charge is 0.496 e. The van der Waals surface area contributed by atoms with E-state index in [4.69, 9.17) is 15.2 Å². The molecule has 0 aromatic heterocycles. The molecule has 6 heteroatoms. The summed E-state index contributed by atoms with van der Waals surface area (Å²) in [6.45, 7) is 4.18. The van der Waals surface area contributed by atoms with Gasteiger partial charge < -0.3 is 20.5 Å². The van der Waals surface area contributed by atoms with Crippen molar-refractivity contribution in [2.45, 2.75) is 30.7 Å². The second-order valence-electron chi connectivity index (χ2n) is 6.29. The topological polar surface area (TPSA) is 73.6 Å². The van der Waals surface area contributed by atoms with Crippen LogP contribution in [0, 0.1) is 11.8 Å². The number of methoxy groups -OCH3 is 1. The average Bonchev–Trinajstić information content (AvgIpc) is 2.64. The Kier molecular flexibility index (Phi) is 7.88. The summed E-state index contributed by atoms with van der Waals surface area (Å²) >= 11 is 1.74. The van der Waals surface area contributed by atoms with Gasteiger partial charge in [0.05, 0.1) is 13.2 Å². The Hall–Kier alpha value is -1.24. The van der Waals surface area contributed by atoms with Crippen molar-refractivity contribution in [1.29, 1.82) is 0 Å². The molecule has 5 nitrogen and oxygen atoms in total. The first kappa shape index (κ1) is 19.1. The summed E-state index contributed by atoms with van der Waals surface area (Å²) in [6.07, 6.45) is 1.74. The van der Waals surface area contributed by atoms with Gasteiger partial charge in [0.15, 0.2) is 0 Å².